The van der Waals surface area contributed by atoms with E-state index in [-0.39, 0.29) is 6.61 Å². The van der Waals surface area contributed by atoms with E-state index in [9.17, 15) is 0 Å². The van der Waals surface area contributed by atoms with Gasteiger partial charge in [-0.05, 0) is 23.8 Å². The Morgan fingerprint density at radius 1 is 1.18 bits per heavy atom. The predicted molar refractivity (Wildman–Crippen MR) is 64.6 cm³/mol. The van der Waals surface area contributed by atoms with Gasteiger partial charge in [-0.1, -0.05) is 18.2 Å². The average Bonchev–Trinajstić information content (AvgIpc) is 2.40. The number of ether oxygens (including phenoxy) is 1. The quantitative estimate of drug-likeness (QED) is 0.840. The lowest BCUT2D eigenvalue weighted by molar-refractivity contribution is 0.281. The van der Waals surface area contributed by atoms with Gasteiger partial charge in [0.25, 0.3) is 0 Å². The van der Waals surface area contributed by atoms with Crippen LogP contribution in [0.5, 0.6) is 11.6 Å². The lowest BCUT2D eigenvalue weighted by atomic mass is 10.2. The highest BCUT2D eigenvalue weighted by atomic mass is 16.5. The molecule has 0 radical (unpaired) electrons. The van der Waals surface area contributed by atoms with Crippen LogP contribution in [0.1, 0.15) is 11.1 Å². The Morgan fingerprint density at radius 3 is 2.59 bits per heavy atom. The zero-order valence-electron chi connectivity index (χ0n) is 9.34. The Hall–Kier alpha value is -1.91. The van der Waals surface area contributed by atoms with Gasteiger partial charge in [0, 0.05) is 18.3 Å². The number of aliphatic hydroxyl groups excluding tert-OH is 1. The van der Waals surface area contributed by atoms with E-state index in [0.29, 0.717) is 18.2 Å². The van der Waals surface area contributed by atoms with Gasteiger partial charge in [0.15, 0.2) is 0 Å². The lowest BCUT2D eigenvalue weighted by Crippen LogP contribution is -2.00. The Balaban J connectivity index is 2.19. The van der Waals surface area contributed by atoms with Crippen molar-refractivity contribution in [2.45, 2.75) is 13.2 Å². The minimum absolute atomic E-state index is 0.0257. The summed E-state index contributed by atoms with van der Waals surface area (Å²) in [5.74, 6) is 1.20. The van der Waals surface area contributed by atoms with E-state index >= 15 is 0 Å². The van der Waals surface area contributed by atoms with Gasteiger partial charge in [-0.15, -0.1) is 0 Å². The molecule has 0 unspecified atom stereocenters. The molecule has 88 valence electrons. The van der Waals surface area contributed by atoms with E-state index in [1.165, 1.54) is 0 Å². The third-order valence-electron chi connectivity index (χ3n) is 2.39. The summed E-state index contributed by atoms with van der Waals surface area (Å²) in [4.78, 5) is 4.14. The molecule has 1 aromatic carbocycles. The number of hydrogen-bond donors (Lipinski definition) is 2. The Kier molecular flexibility index (Phi) is 3.69. The zero-order valence-corrected chi connectivity index (χ0v) is 9.34. The van der Waals surface area contributed by atoms with Crippen molar-refractivity contribution in [3.05, 3.63) is 53.7 Å². The van der Waals surface area contributed by atoms with Crippen LogP contribution in [0, 0.1) is 0 Å². The minimum Gasteiger partial charge on any atom is -0.439 e. The number of pyridine rings is 1. The third kappa shape index (κ3) is 2.81. The number of aromatic nitrogens is 1. The second kappa shape index (κ2) is 5.43. The first-order valence-corrected chi connectivity index (χ1v) is 5.35. The van der Waals surface area contributed by atoms with E-state index < -0.39 is 0 Å². The standard InChI is InChI=1S/C13H14N2O2/c14-8-11-2-1-7-15-13(11)17-12-5-3-10(9-16)4-6-12/h1-7,16H,8-9,14H2. The van der Waals surface area contributed by atoms with Crippen LogP contribution in [0.25, 0.3) is 0 Å². The molecular formula is C13H14N2O2. The maximum Gasteiger partial charge on any atom is 0.223 e. The van der Waals surface area contributed by atoms with Gasteiger partial charge in [0.05, 0.1) is 6.61 Å². The minimum atomic E-state index is 0.0257. The summed E-state index contributed by atoms with van der Waals surface area (Å²) >= 11 is 0. The molecule has 1 aromatic heterocycles. The fourth-order valence-electron chi connectivity index (χ4n) is 1.45. The molecule has 3 N–H and O–H groups in total. The van der Waals surface area contributed by atoms with Crippen molar-refractivity contribution in [2.24, 2.45) is 5.73 Å². The molecule has 0 aliphatic rings. The lowest BCUT2D eigenvalue weighted by Gasteiger charge is -2.08. The van der Waals surface area contributed by atoms with Crippen LogP contribution in [0.4, 0.5) is 0 Å². The zero-order chi connectivity index (χ0) is 12.1. The van der Waals surface area contributed by atoms with Crippen molar-refractivity contribution in [1.29, 1.82) is 0 Å². The molecule has 17 heavy (non-hydrogen) atoms. The first-order chi connectivity index (χ1) is 8.33. The number of nitrogens with two attached hydrogens (primary N) is 1. The van der Waals surface area contributed by atoms with Crippen molar-refractivity contribution < 1.29 is 9.84 Å². The molecule has 0 spiro atoms. The maximum atomic E-state index is 8.93. The average molecular weight is 230 g/mol. The molecule has 2 aromatic rings. The summed E-state index contributed by atoms with van der Waals surface area (Å²) in [6.07, 6.45) is 1.66. The van der Waals surface area contributed by atoms with Crippen LogP contribution in [-0.2, 0) is 13.2 Å². The van der Waals surface area contributed by atoms with Crippen LogP contribution in [0.15, 0.2) is 42.6 Å². The number of hydrogen-bond acceptors (Lipinski definition) is 4. The Labute approximate surface area is 99.7 Å². The second-order valence-corrected chi connectivity index (χ2v) is 3.58. The van der Waals surface area contributed by atoms with Gasteiger partial charge in [-0.3, -0.25) is 0 Å². The SMILES string of the molecule is NCc1cccnc1Oc1ccc(CO)cc1. The first kappa shape index (κ1) is 11.6. The Bertz CT molecular complexity index is 483. The fourth-order valence-corrected chi connectivity index (χ4v) is 1.45. The predicted octanol–water partition coefficient (Wildman–Crippen LogP) is 1.82. The molecule has 1 heterocycles. The van der Waals surface area contributed by atoms with Crippen molar-refractivity contribution in [2.75, 3.05) is 0 Å². The summed E-state index contributed by atoms with van der Waals surface area (Å²) in [5, 5.41) is 8.93. The van der Waals surface area contributed by atoms with Crippen molar-refractivity contribution >= 4 is 0 Å². The van der Waals surface area contributed by atoms with Crippen LogP contribution in [-0.4, -0.2) is 10.1 Å². The number of rotatable bonds is 4. The molecule has 0 fully saturated rings. The van der Waals surface area contributed by atoms with E-state index in [4.69, 9.17) is 15.6 Å². The monoisotopic (exact) mass is 230 g/mol. The summed E-state index contributed by atoms with van der Waals surface area (Å²) < 4.78 is 5.63. The van der Waals surface area contributed by atoms with E-state index in [1.54, 1.807) is 30.5 Å². The largest absolute Gasteiger partial charge is 0.439 e. The number of nitrogens with zero attached hydrogens (tertiary/aromatic N) is 1. The maximum absolute atomic E-state index is 8.93. The molecule has 4 heteroatoms. The summed E-state index contributed by atoms with van der Waals surface area (Å²) in [7, 11) is 0. The van der Waals surface area contributed by atoms with Crippen LogP contribution in [0.2, 0.25) is 0 Å². The van der Waals surface area contributed by atoms with Gasteiger partial charge in [-0.25, -0.2) is 4.98 Å². The third-order valence-corrected chi connectivity index (χ3v) is 2.39. The van der Waals surface area contributed by atoms with Gasteiger partial charge >= 0.3 is 0 Å². The molecule has 0 aliphatic heterocycles. The topological polar surface area (TPSA) is 68.4 Å². The highest BCUT2D eigenvalue weighted by Gasteiger charge is 2.04. The molecule has 0 bridgehead atoms. The first-order valence-electron chi connectivity index (χ1n) is 5.35. The van der Waals surface area contributed by atoms with Crippen molar-refractivity contribution in [3.63, 3.8) is 0 Å². The van der Waals surface area contributed by atoms with Crippen molar-refractivity contribution in [3.8, 4) is 11.6 Å². The molecule has 0 amide bonds. The smallest absolute Gasteiger partial charge is 0.223 e. The van der Waals surface area contributed by atoms with Gasteiger partial charge in [0.1, 0.15) is 5.75 Å². The fraction of sp³-hybridized carbons (Fsp3) is 0.154. The van der Waals surface area contributed by atoms with Crippen LogP contribution in [0.3, 0.4) is 0 Å². The summed E-state index contributed by atoms with van der Waals surface area (Å²) in [6, 6.07) is 10.9. The number of aliphatic hydroxyl groups is 1. The molecule has 0 atom stereocenters. The normalized spacial score (nSPS) is 10.2. The second-order valence-electron chi connectivity index (χ2n) is 3.58. The molecule has 0 saturated carbocycles. The Morgan fingerprint density at radius 2 is 1.94 bits per heavy atom. The van der Waals surface area contributed by atoms with Gasteiger partial charge in [-0.2, -0.15) is 0 Å². The van der Waals surface area contributed by atoms with Crippen LogP contribution < -0.4 is 10.5 Å². The summed E-state index contributed by atoms with van der Waals surface area (Å²) in [5.41, 5.74) is 7.30. The van der Waals surface area contributed by atoms with Crippen molar-refractivity contribution in [1.82, 2.24) is 4.98 Å². The molecule has 2 rings (SSSR count). The highest BCUT2D eigenvalue weighted by Crippen LogP contribution is 2.22. The van der Waals surface area contributed by atoms with E-state index in [2.05, 4.69) is 4.98 Å². The number of benzene rings is 1. The van der Waals surface area contributed by atoms with Gasteiger partial charge < -0.3 is 15.6 Å². The summed E-state index contributed by atoms with van der Waals surface area (Å²) in [6.45, 7) is 0.413. The van der Waals surface area contributed by atoms with Gasteiger partial charge in [0.2, 0.25) is 5.88 Å². The highest BCUT2D eigenvalue weighted by molar-refractivity contribution is 5.33. The van der Waals surface area contributed by atoms with Crippen LogP contribution >= 0.6 is 0 Å². The van der Waals surface area contributed by atoms with E-state index in [1.807, 2.05) is 12.1 Å². The molecule has 4 nitrogen and oxygen atoms in total. The molecular weight excluding hydrogens is 216 g/mol. The van der Waals surface area contributed by atoms with E-state index in [0.717, 1.165) is 11.1 Å². The molecule has 0 aliphatic carbocycles. The molecule has 0 saturated heterocycles.